The first-order valence-corrected chi connectivity index (χ1v) is 7.10. The van der Waals surface area contributed by atoms with Crippen LogP contribution in [0.15, 0.2) is 29.6 Å². The number of nitrogens with one attached hydrogen (secondary N) is 1. The van der Waals surface area contributed by atoms with Crippen molar-refractivity contribution in [2.24, 2.45) is 5.92 Å². The second kappa shape index (κ2) is 4.67. The molecule has 0 saturated carbocycles. The maximum absolute atomic E-state index is 3.44. The molecule has 1 aliphatic heterocycles. The maximum Gasteiger partial charge on any atom is 0.0552 e. The van der Waals surface area contributed by atoms with Gasteiger partial charge < -0.3 is 10.2 Å². The standard InChI is InChI=1S/C14H18N2S/c1-16(9-11-6-7-15-8-11)13-10-17-14-5-3-2-4-12(13)14/h2-5,10-11,15H,6-9H2,1H3. The third-order valence-electron chi connectivity index (χ3n) is 3.57. The Labute approximate surface area is 106 Å². The van der Waals surface area contributed by atoms with Crippen molar-refractivity contribution >= 4 is 27.1 Å². The van der Waals surface area contributed by atoms with Gasteiger partial charge in [0.15, 0.2) is 0 Å². The molecular formula is C14H18N2S. The van der Waals surface area contributed by atoms with Gasteiger partial charge in [0, 0.05) is 29.1 Å². The quantitative estimate of drug-likeness (QED) is 0.895. The van der Waals surface area contributed by atoms with Gasteiger partial charge in [-0.2, -0.15) is 0 Å². The van der Waals surface area contributed by atoms with Gasteiger partial charge in [0.05, 0.1) is 5.69 Å². The molecule has 0 bridgehead atoms. The van der Waals surface area contributed by atoms with Crippen molar-refractivity contribution in [1.29, 1.82) is 0 Å². The van der Waals surface area contributed by atoms with Gasteiger partial charge in [0.1, 0.15) is 0 Å². The van der Waals surface area contributed by atoms with Crippen molar-refractivity contribution in [3.8, 4) is 0 Å². The minimum absolute atomic E-state index is 0.804. The summed E-state index contributed by atoms with van der Waals surface area (Å²) in [4.78, 5) is 2.41. The molecule has 17 heavy (non-hydrogen) atoms. The summed E-state index contributed by atoms with van der Waals surface area (Å²) in [6.45, 7) is 3.52. The number of hydrogen-bond donors (Lipinski definition) is 1. The Morgan fingerprint density at radius 1 is 1.41 bits per heavy atom. The Balaban J connectivity index is 1.82. The third kappa shape index (κ3) is 2.17. The van der Waals surface area contributed by atoms with E-state index in [1.54, 1.807) is 0 Å². The van der Waals surface area contributed by atoms with Crippen LogP contribution in [-0.2, 0) is 0 Å². The van der Waals surface area contributed by atoms with Crippen molar-refractivity contribution in [2.45, 2.75) is 6.42 Å². The summed E-state index contributed by atoms with van der Waals surface area (Å²) in [6, 6.07) is 8.67. The molecule has 1 aliphatic rings. The SMILES string of the molecule is CN(CC1CCNC1)c1csc2ccccc12. The normalized spacial score (nSPS) is 19.9. The van der Waals surface area contributed by atoms with Crippen molar-refractivity contribution in [2.75, 3.05) is 31.6 Å². The summed E-state index contributed by atoms with van der Waals surface area (Å²) in [5.41, 5.74) is 1.39. The minimum atomic E-state index is 0.804. The molecule has 1 fully saturated rings. The van der Waals surface area contributed by atoms with E-state index >= 15 is 0 Å². The van der Waals surface area contributed by atoms with Crippen molar-refractivity contribution in [3.05, 3.63) is 29.6 Å². The first-order valence-electron chi connectivity index (χ1n) is 6.22. The lowest BCUT2D eigenvalue weighted by molar-refractivity contribution is 0.579. The van der Waals surface area contributed by atoms with E-state index in [0.717, 1.165) is 12.5 Å². The fraction of sp³-hybridized carbons (Fsp3) is 0.429. The molecule has 0 amide bonds. The molecular weight excluding hydrogens is 228 g/mol. The number of anilines is 1. The van der Waals surface area contributed by atoms with E-state index in [1.165, 1.54) is 35.3 Å². The van der Waals surface area contributed by atoms with Crippen LogP contribution in [0, 0.1) is 5.92 Å². The molecule has 2 nitrogen and oxygen atoms in total. The Morgan fingerprint density at radius 2 is 2.29 bits per heavy atom. The van der Waals surface area contributed by atoms with Crippen LogP contribution >= 0.6 is 11.3 Å². The monoisotopic (exact) mass is 246 g/mol. The minimum Gasteiger partial charge on any atom is -0.373 e. The summed E-state index contributed by atoms with van der Waals surface area (Å²) in [5, 5.41) is 7.12. The van der Waals surface area contributed by atoms with Crippen LogP contribution < -0.4 is 10.2 Å². The molecule has 1 aromatic heterocycles. The molecule has 0 radical (unpaired) electrons. The van der Waals surface area contributed by atoms with Crippen LogP contribution in [-0.4, -0.2) is 26.7 Å². The van der Waals surface area contributed by atoms with Crippen LogP contribution in [0.2, 0.25) is 0 Å². The van der Waals surface area contributed by atoms with E-state index in [9.17, 15) is 0 Å². The van der Waals surface area contributed by atoms with Crippen LogP contribution in [0.5, 0.6) is 0 Å². The number of nitrogens with zero attached hydrogens (tertiary/aromatic N) is 1. The Bertz CT molecular complexity index is 500. The number of benzene rings is 1. The maximum atomic E-state index is 3.44. The summed E-state index contributed by atoms with van der Waals surface area (Å²) in [6.07, 6.45) is 1.31. The third-order valence-corrected chi connectivity index (χ3v) is 4.52. The van der Waals surface area contributed by atoms with E-state index in [4.69, 9.17) is 0 Å². The number of rotatable bonds is 3. The topological polar surface area (TPSA) is 15.3 Å². The highest BCUT2D eigenvalue weighted by Crippen LogP contribution is 2.32. The molecule has 3 heteroatoms. The first kappa shape index (κ1) is 11.1. The average molecular weight is 246 g/mol. The summed E-state index contributed by atoms with van der Waals surface area (Å²) in [7, 11) is 2.22. The smallest absolute Gasteiger partial charge is 0.0552 e. The molecule has 0 aliphatic carbocycles. The van der Waals surface area contributed by atoms with Gasteiger partial charge in [-0.15, -0.1) is 11.3 Å². The van der Waals surface area contributed by atoms with E-state index in [-0.39, 0.29) is 0 Å². The molecule has 2 heterocycles. The summed E-state index contributed by atoms with van der Waals surface area (Å²) in [5.74, 6) is 0.804. The molecule has 0 spiro atoms. The van der Waals surface area contributed by atoms with Crippen LogP contribution in [0.1, 0.15) is 6.42 Å². The van der Waals surface area contributed by atoms with Gasteiger partial charge in [-0.25, -0.2) is 0 Å². The molecule has 1 unspecified atom stereocenters. The van der Waals surface area contributed by atoms with E-state index in [2.05, 4.69) is 46.9 Å². The zero-order valence-electron chi connectivity index (χ0n) is 10.1. The number of hydrogen-bond acceptors (Lipinski definition) is 3. The van der Waals surface area contributed by atoms with E-state index in [0.29, 0.717) is 0 Å². The summed E-state index contributed by atoms with van der Waals surface area (Å²) >= 11 is 1.84. The van der Waals surface area contributed by atoms with Crippen LogP contribution in [0.25, 0.3) is 10.1 Å². The van der Waals surface area contributed by atoms with Gasteiger partial charge in [-0.05, 0) is 31.5 Å². The van der Waals surface area contributed by atoms with Crippen LogP contribution in [0.3, 0.4) is 0 Å². The molecule has 2 aromatic rings. The second-order valence-electron chi connectivity index (χ2n) is 4.86. The lowest BCUT2D eigenvalue weighted by atomic mass is 10.1. The predicted octanol–water partition coefficient (Wildman–Crippen LogP) is 2.95. The van der Waals surface area contributed by atoms with Gasteiger partial charge in [-0.3, -0.25) is 0 Å². The highest BCUT2D eigenvalue weighted by atomic mass is 32.1. The van der Waals surface area contributed by atoms with Crippen molar-refractivity contribution in [3.63, 3.8) is 0 Å². The Morgan fingerprint density at radius 3 is 3.12 bits per heavy atom. The first-order chi connectivity index (χ1) is 8.34. The Kier molecular flexibility index (Phi) is 3.04. The molecule has 3 rings (SSSR count). The van der Waals surface area contributed by atoms with Gasteiger partial charge in [0.2, 0.25) is 0 Å². The predicted molar refractivity (Wildman–Crippen MR) is 76.1 cm³/mol. The molecule has 1 atom stereocenters. The van der Waals surface area contributed by atoms with Gasteiger partial charge >= 0.3 is 0 Å². The van der Waals surface area contributed by atoms with E-state index < -0.39 is 0 Å². The van der Waals surface area contributed by atoms with Crippen molar-refractivity contribution in [1.82, 2.24) is 5.32 Å². The summed E-state index contributed by atoms with van der Waals surface area (Å²) < 4.78 is 1.39. The molecule has 1 aromatic carbocycles. The number of thiophene rings is 1. The largest absolute Gasteiger partial charge is 0.373 e. The van der Waals surface area contributed by atoms with Crippen molar-refractivity contribution < 1.29 is 0 Å². The molecule has 1 N–H and O–H groups in total. The van der Waals surface area contributed by atoms with Crippen LogP contribution in [0.4, 0.5) is 5.69 Å². The zero-order chi connectivity index (χ0) is 11.7. The lowest BCUT2D eigenvalue weighted by Crippen LogP contribution is -2.26. The second-order valence-corrected chi connectivity index (χ2v) is 5.77. The Hall–Kier alpha value is -1.06. The highest BCUT2D eigenvalue weighted by Gasteiger charge is 2.17. The fourth-order valence-electron chi connectivity index (χ4n) is 2.62. The zero-order valence-corrected chi connectivity index (χ0v) is 11.0. The molecule has 1 saturated heterocycles. The van der Waals surface area contributed by atoms with Gasteiger partial charge in [-0.1, -0.05) is 18.2 Å². The fourth-order valence-corrected chi connectivity index (χ4v) is 3.62. The van der Waals surface area contributed by atoms with Gasteiger partial charge in [0.25, 0.3) is 0 Å². The lowest BCUT2D eigenvalue weighted by Gasteiger charge is -2.22. The average Bonchev–Trinajstić information content (AvgIpc) is 2.96. The van der Waals surface area contributed by atoms with E-state index in [1.807, 2.05) is 11.3 Å². The molecule has 90 valence electrons. The highest BCUT2D eigenvalue weighted by molar-refractivity contribution is 7.17. The number of fused-ring (bicyclic) bond motifs is 1.